The van der Waals surface area contributed by atoms with Crippen molar-refractivity contribution in [2.75, 3.05) is 12.5 Å². The number of thiophene rings is 1. The zero-order valence-electron chi connectivity index (χ0n) is 13.1. The maximum atomic E-state index is 12.7. The number of hydrazine groups is 1. The summed E-state index contributed by atoms with van der Waals surface area (Å²) in [4.78, 5) is 37.5. The van der Waals surface area contributed by atoms with Crippen LogP contribution in [0, 0.1) is 6.92 Å². The van der Waals surface area contributed by atoms with Gasteiger partial charge >= 0.3 is 5.97 Å². The molecule has 1 aromatic carbocycles. The number of benzene rings is 1. The molecule has 136 valence electrons. The van der Waals surface area contributed by atoms with E-state index in [0.717, 1.165) is 11.3 Å². The van der Waals surface area contributed by atoms with Crippen molar-refractivity contribution in [3.8, 4) is 0 Å². The van der Waals surface area contributed by atoms with E-state index in [9.17, 15) is 14.4 Å². The Morgan fingerprint density at radius 3 is 2.00 bits per heavy atom. The summed E-state index contributed by atoms with van der Waals surface area (Å²) in [5, 5.41) is 1.80. The fourth-order valence-electron chi connectivity index (χ4n) is 2.39. The SMILES string of the molecule is COC(=O)c1scc(C)c1NN1C(=O)c2c(Cl)c(Cl)c(Cl)c(Cl)c2C1=O. The van der Waals surface area contributed by atoms with E-state index in [1.54, 1.807) is 12.3 Å². The standard InChI is InChI=1S/C15H8Cl4N2O4S/c1-4-3-26-12(15(24)25-2)11(4)20-21-13(22)5-6(14(21)23)8(17)10(19)9(18)7(5)16/h3,20H,1-2H3. The van der Waals surface area contributed by atoms with Gasteiger partial charge in [0.15, 0.2) is 0 Å². The number of halogens is 4. The van der Waals surface area contributed by atoms with Crippen LogP contribution in [0.4, 0.5) is 5.69 Å². The molecule has 11 heteroatoms. The molecule has 26 heavy (non-hydrogen) atoms. The van der Waals surface area contributed by atoms with Crippen molar-refractivity contribution >= 4 is 81.2 Å². The number of esters is 1. The number of fused-ring (bicyclic) bond motifs is 1. The van der Waals surface area contributed by atoms with Gasteiger partial charge in [0.05, 0.1) is 44.0 Å². The summed E-state index contributed by atoms with van der Waals surface area (Å²) < 4.78 is 4.71. The van der Waals surface area contributed by atoms with Crippen LogP contribution in [0.2, 0.25) is 20.1 Å². The zero-order chi connectivity index (χ0) is 19.3. The molecule has 1 aliphatic heterocycles. The molecule has 2 heterocycles. The predicted molar refractivity (Wildman–Crippen MR) is 101 cm³/mol. The van der Waals surface area contributed by atoms with E-state index < -0.39 is 17.8 Å². The number of nitrogens with zero attached hydrogens (tertiary/aromatic N) is 1. The lowest BCUT2D eigenvalue weighted by Crippen LogP contribution is -2.36. The first-order valence-corrected chi connectivity index (χ1v) is 9.27. The number of carbonyl (C=O) groups is 3. The van der Waals surface area contributed by atoms with Crippen LogP contribution in [0.25, 0.3) is 0 Å². The average molecular weight is 454 g/mol. The molecule has 0 bridgehead atoms. The van der Waals surface area contributed by atoms with E-state index in [1.807, 2.05) is 0 Å². The largest absolute Gasteiger partial charge is 0.465 e. The molecule has 0 atom stereocenters. The summed E-state index contributed by atoms with van der Waals surface area (Å²) in [7, 11) is 1.23. The highest BCUT2D eigenvalue weighted by atomic mass is 35.5. The third-order valence-corrected chi connectivity index (χ3v) is 6.55. The molecular formula is C15H8Cl4N2O4S. The van der Waals surface area contributed by atoms with Gasteiger partial charge in [-0.1, -0.05) is 46.4 Å². The Morgan fingerprint density at radius 2 is 1.54 bits per heavy atom. The van der Waals surface area contributed by atoms with E-state index in [1.165, 1.54) is 7.11 Å². The fourth-order valence-corrected chi connectivity index (χ4v) is 4.32. The molecule has 1 aliphatic rings. The number of methoxy groups -OCH3 is 1. The van der Waals surface area contributed by atoms with Gasteiger partial charge in [0.1, 0.15) is 4.88 Å². The highest BCUT2D eigenvalue weighted by Crippen LogP contribution is 2.45. The van der Waals surface area contributed by atoms with Gasteiger partial charge in [-0.3, -0.25) is 15.0 Å². The molecule has 1 aromatic heterocycles. The van der Waals surface area contributed by atoms with Crippen LogP contribution in [0.1, 0.15) is 36.0 Å². The first-order chi connectivity index (χ1) is 12.2. The zero-order valence-corrected chi connectivity index (χ0v) is 16.9. The van der Waals surface area contributed by atoms with Gasteiger partial charge < -0.3 is 4.74 Å². The Hall–Kier alpha value is -1.51. The van der Waals surface area contributed by atoms with Crippen molar-refractivity contribution in [3.63, 3.8) is 0 Å². The van der Waals surface area contributed by atoms with Gasteiger partial charge in [0, 0.05) is 0 Å². The summed E-state index contributed by atoms with van der Waals surface area (Å²) >= 11 is 25.2. The second-order valence-electron chi connectivity index (χ2n) is 5.18. The molecule has 0 radical (unpaired) electrons. The van der Waals surface area contributed by atoms with E-state index in [0.29, 0.717) is 10.6 Å². The molecule has 0 saturated heterocycles. The minimum Gasteiger partial charge on any atom is -0.465 e. The lowest BCUT2D eigenvalue weighted by Gasteiger charge is -2.17. The van der Waals surface area contributed by atoms with Crippen LogP contribution in [-0.2, 0) is 4.74 Å². The van der Waals surface area contributed by atoms with E-state index in [2.05, 4.69) is 5.43 Å². The second kappa shape index (κ2) is 6.90. The highest BCUT2D eigenvalue weighted by Gasteiger charge is 2.42. The van der Waals surface area contributed by atoms with Crippen LogP contribution in [0.15, 0.2) is 5.38 Å². The van der Waals surface area contributed by atoms with Crippen molar-refractivity contribution in [1.29, 1.82) is 0 Å². The third-order valence-electron chi connectivity index (χ3n) is 3.67. The van der Waals surface area contributed by atoms with Gasteiger partial charge in [0.2, 0.25) is 0 Å². The number of nitrogens with one attached hydrogen (secondary N) is 1. The predicted octanol–water partition coefficient (Wildman–Crippen LogP) is 5.08. The molecule has 0 fully saturated rings. The molecule has 2 amide bonds. The molecule has 0 spiro atoms. The summed E-state index contributed by atoms with van der Waals surface area (Å²) in [6, 6.07) is 0. The Kier molecular flexibility index (Phi) is 5.11. The average Bonchev–Trinajstić information content (AvgIpc) is 3.10. The minimum absolute atomic E-state index is 0.123. The molecule has 0 aliphatic carbocycles. The Balaban J connectivity index is 2.08. The first kappa shape index (κ1) is 19.3. The highest BCUT2D eigenvalue weighted by molar-refractivity contribution is 7.12. The number of amides is 2. The number of rotatable bonds is 3. The smallest absolute Gasteiger partial charge is 0.350 e. The lowest BCUT2D eigenvalue weighted by atomic mass is 10.1. The molecule has 0 unspecified atom stereocenters. The van der Waals surface area contributed by atoms with E-state index >= 15 is 0 Å². The first-order valence-electron chi connectivity index (χ1n) is 6.88. The Morgan fingerprint density at radius 1 is 1.04 bits per heavy atom. The lowest BCUT2D eigenvalue weighted by molar-refractivity contribution is 0.0601. The van der Waals surface area contributed by atoms with Crippen molar-refractivity contribution < 1.29 is 19.1 Å². The van der Waals surface area contributed by atoms with Crippen LogP contribution in [-0.4, -0.2) is 29.9 Å². The summed E-state index contributed by atoms with van der Waals surface area (Å²) in [5.41, 5.74) is 3.24. The monoisotopic (exact) mass is 452 g/mol. The second-order valence-corrected chi connectivity index (χ2v) is 7.57. The Labute approximate surface area is 171 Å². The summed E-state index contributed by atoms with van der Waals surface area (Å²) in [6.07, 6.45) is 0. The van der Waals surface area contributed by atoms with Gasteiger partial charge in [-0.2, -0.15) is 5.01 Å². The molecule has 6 nitrogen and oxygen atoms in total. The molecule has 1 N–H and O–H groups in total. The van der Waals surface area contributed by atoms with Gasteiger partial charge in [-0.05, 0) is 17.9 Å². The maximum Gasteiger partial charge on any atom is 0.350 e. The van der Waals surface area contributed by atoms with Crippen LogP contribution >= 0.6 is 57.7 Å². The summed E-state index contributed by atoms with van der Waals surface area (Å²) in [6.45, 7) is 1.71. The Bertz CT molecular complexity index is 942. The number of carbonyl (C=O) groups excluding carboxylic acids is 3. The topological polar surface area (TPSA) is 75.7 Å². The number of hydrogen-bond acceptors (Lipinski definition) is 6. The van der Waals surface area contributed by atoms with E-state index in [-0.39, 0.29) is 41.8 Å². The van der Waals surface area contributed by atoms with Crippen molar-refractivity contribution in [2.24, 2.45) is 0 Å². The van der Waals surface area contributed by atoms with Crippen molar-refractivity contribution in [2.45, 2.75) is 6.92 Å². The van der Waals surface area contributed by atoms with Crippen molar-refractivity contribution in [3.05, 3.63) is 47.0 Å². The van der Waals surface area contributed by atoms with E-state index in [4.69, 9.17) is 51.1 Å². The minimum atomic E-state index is -0.767. The molecular weight excluding hydrogens is 446 g/mol. The number of ether oxygens (including phenoxy) is 1. The van der Waals surface area contributed by atoms with Crippen LogP contribution in [0.3, 0.4) is 0 Å². The summed E-state index contributed by atoms with van der Waals surface area (Å²) in [5.74, 6) is -2.14. The normalized spacial score (nSPS) is 13.2. The number of anilines is 1. The molecule has 0 saturated carbocycles. The number of hydrogen-bond donors (Lipinski definition) is 1. The maximum absolute atomic E-state index is 12.7. The van der Waals surface area contributed by atoms with Crippen LogP contribution < -0.4 is 5.43 Å². The fraction of sp³-hybridized carbons (Fsp3) is 0.133. The van der Waals surface area contributed by atoms with Gasteiger partial charge in [-0.25, -0.2) is 4.79 Å². The van der Waals surface area contributed by atoms with Gasteiger partial charge in [-0.15, -0.1) is 11.3 Å². The van der Waals surface area contributed by atoms with Gasteiger partial charge in [0.25, 0.3) is 11.8 Å². The molecule has 2 aromatic rings. The van der Waals surface area contributed by atoms with Crippen LogP contribution in [0.5, 0.6) is 0 Å². The van der Waals surface area contributed by atoms with Crippen molar-refractivity contribution in [1.82, 2.24) is 5.01 Å². The number of aryl methyl sites for hydroxylation is 1. The third kappa shape index (κ3) is 2.75. The molecule has 3 rings (SSSR count). The quantitative estimate of drug-likeness (QED) is 0.303. The number of imide groups is 1.